The maximum atomic E-state index is 12.7. The van der Waals surface area contributed by atoms with E-state index in [4.69, 9.17) is 0 Å². The summed E-state index contributed by atoms with van der Waals surface area (Å²) < 4.78 is 35.0. The van der Waals surface area contributed by atoms with Crippen LogP contribution in [0.15, 0.2) is 24.3 Å². The second-order valence-electron chi connectivity index (χ2n) is 3.03. The van der Waals surface area contributed by atoms with E-state index in [1.807, 2.05) is 0 Å². The summed E-state index contributed by atoms with van der Waals surface area (Å²) in [5.74, 6) is -0.409. The van der Waals surface area contributed by atoms with Gasteiger partial charge in [0.1, 0.15) is 5.82 Å². The quantitative estimate of drug-likeness (QED) is 0.734. The summed E-state index contributed by atoms with van der Waals surface area (Å²) in [6.45, 7) is 1.55. The Balaban J connectivity index is 3.10. The molecule has 0 heterocycles. The molecule has 1 rings (SSSR count). The summed E-state index contributed by atoms with van der Waals surface area (Å²) in [5.41, 5.74) is 0.488. The highest BCUT2D eigenvalue weighted by Crippen LogP contribution is 2.20. The molecule has 0 saturated carbocycles. The lowest BCUT2D eigenvalue weighted by Gasteiger charge is -2.08. The van der Waals surface area contributed by atoms with Crippen molar-refractivity contribution in [2.24, 2.45) is 0 Å². The first kappa shape index (κ1) is 10.2. The molecule has 4 heteroatoms. The highest BCUT2D eigenvalue weighted by atomic mass is 32.2. The van der Waals surface area contributed by atoms with Crippen LogP contribution in [-0.4, -0.2) is 14.7 Å². The molecule has 0 N–H and O–H groups in total. The van der Waals surface area contributed by atoms with Gasteiger partial charge in [-0.3, -0.25) is 0 Å². The van der Waals surface area contributed by atoms with Gasteiger partial charge in [-0.15, -0.1) is 0 Å². The SMILES string of the molecule is CC(c1cccc(F)c1)S(C)(=O)=O. The van der Waals surface area contributed by atoms with E-state index in [9.17, 15) is 12.8 Å². The van der Waals surface area contributed by atoms with Crippen LogP contribution in [0.2, 0.25) is 0 Å². The first-order valence-electron chi connectivity index (χ1n) is 3.85. The van der Waals surface area contributed by atoms with Crippen LogP contribution in [0, 0.1) is 5.82 Å². The predicted molar refractivity (Wildman–Crippen MR) is 49.7 cm³/mol. The Hall–Kier alpha value is -0.900. The minimum Gasteiger partial charge on any atom is -0.229 e. The van der Waals surface area contributed by atoms with Crippen molar-refractivity contribution in [1.29, 1.82) is 0 Å². The molecule has 0 bridgehead atoms. The summed E-state index contributed by atoms with van der Waals surface area (Å²) in [6, 6.07) is 5.64. The van der Waals surface area contributed by atoms with E-state index in [0.29, 0.717) is 5.56 Å². The largest absolute Gasteiger partial charge is 0.229 e. The van der Waals surface area contributed by atoms with E-state index >= 15 is 0 Å². The van der Waals surface area contributed by atoms with E-state index in [1.165, 1.54) is 18.2 Å². The summed E-state index contributed by atoms with van der Waals surface area (Å²) in [6.07, 6.45) is 1.14. The molecule has 0 amide bonds. The van der Waals surface area contributed by atoms with E-state index in [-0.39, 0.29) is 0 Å². The van der Waals surface area contributed by atoms with Crippen LogP contribution in [0.3, 0.4) is 0 Å². The molecule has 72 valence electrons. The minimum absolute atomic E-state index is 0.409. The third-order valence-corrected chi connectivity index (χ3v) is 3.52. The molecule has 1 unspecified atom stereocenters. The number of benzene rings is 1. The number of halogens is 1. The Morgan fingerprint density at radius 3 is 2.46 bits per heavy atom. The fourth-order valence-corrected chi connectivity index (χ4v) is 1.65. The van der Waals surface area contributed by atoms with Crippen molar-refractivity contribution in [3.8, 4) is 0 Å². The fraction of sp³-hybridized carbons (Fsp3) is 0.333. The molecular formula is C9H11FO2S. The standard InChI is InChI=1S/C9H11FO2S/c1-7(13(2,11)12)8-4-3-5-9(10)6-8/h3-7H,1-2H3. The van der Waals surface area contributed by atoms with E-state index in [2.05, 4.69) is 0 Å². The molecule has 1 aromatic rings. The molecular weight excluding hydrogens is 191 g/mol. The van der Waals surface area contributed by atoms with Gasteiger partial charge in [0.15, 0.2) is 9.84 Å². The molecule has 0 saturated heterocycles. The van der Waals surface area contributed by atoms with Crippen molar-refractivity contribution in [2.45, 2.75) is 12.2 Å². The topological polar surface area (TPSA) is 34.1 Å². The lowest BCUT2D eigenvalue weighted by Crippen LogP contribution is -2.07. The molecule has 0 aliphatic carbocycles. The van der Waals surface area contributed by atoms with Crippen molar-refractivity contribution in [1.82, 2.24) is 0 Å². The van der Waals surface area contributed by atoms with Crippen molar-refractivity contribution in [2.75, 3.05) is 6.26 Å². The minimum atomic E-state index is -3.14. The molecule has 0 aromatic heterocycles. The lowest BCUT2D eigenvalue weighted by atomic mass is 10.2. The Morgan fingerprint density at radius 1 is 1.38 bits per heavy atom. The van der Waals surface area contributed by atoms with Crippen LogP contribution in [0.5, 0.6) is 0 Å². The van der Waals surface area contributed by atoms with Crippen LogP contribution in [0.25, 0.3) is 0 Å². The van der Waals surface area contributed by atoms with Crippen molar-refractivity contribution in [3.05, 3.63) is 35.6 Å². The Labute approximate surface area is 77.3 Å². The van der Waals surface area contributed by atoms with Gasteiger partial charge in [-0.2, -0.15) is 0 Å². The van der Waals surface area contributed by atoms with Crippen LogP contribution in [0.4, 0.5) is 4.39 Å². The van der Waals surface area contributed by atoms with Crippen molar-refractivity contribution >= 4 is 9.84 Å². The summed E-state index contributed by atoms with van der Waals surface area (Å²) >= 11 is 0. The lowest BCUT2D eigenvalue weighted by molar-refractivity contribution is 0.591. The molecule has 0 aliphatic heterocycles. The smallest absolute Gasteiger partial charge is 0.154 e. The second-order valence-corrected chi connectivity index (χ2v) is 5.39. The maximum Gasteiger partial charge on any atom is 0.154 e. The molecule has 0 aliphatic rings. The molecule has 0 fully saturated rings. The average molecular weight is 202 g/mol. The van der Waals surface area contributed by atoms with Gasteiger partial charge in [0.2, 0.25) is 0 Å². The first-order valence-corrected chi connectivity index (χ1v) is 5.81. The van der Waals surface area contributed by atoms with Crippen molar-refractivity contribution in [3.63, 3.8) is 0 Å². The monoisotopic (exact) mass is 202 g/mol. The number of hydrogen-bond acceptors (Lipinski definition) is 2. The Kier molecular flexibility index (Phi) is 2.71. The van der Waals surface area contributed by atoms with E-state index < -0.39 is 20.9 Å². The van der Waals surface area contributed by atoms with Gasteiger partial charge >= 0.3 is 0 Å². The number of hydrogen-bond donors (Lipinski definition) is 0. The molecule has 0 spiro atoms. The predicted octanol–water partition coefficient (Wildman–Crippen LogP) is 1.93. The normalized spacial score (nSPS) is 14.1. The van der Waals surface area contributed by atoms with E-state index in [0.717, 1.165) is 6.26 Å². The maximum absolute atomic E-state index is 12.7. The average Bonchev–Trinajstić information content (AvgIpc) is 2.01. The van der Waals surface area contributed by atoms with Gasteiger partial charge in [0, 0.05) is 6.26 Å². The third-order valence-electron chi connectivity index (χ3n) is 1.96. The molecule has 1 aromatic carbocycles. The highest BCUT2D eigenvalue weighted by Gasteiger charge is 2.16. The van der Waals surface area contributed by atoms with Crippen LogP contribution >= 0.6 is 0 Å². The molecule has 1 atom stereocenters. The zero-order chi connectivity index (χ0) is 10.1. The van der Waals surface area contributed by atoms with Gasteiger partial charge in [-0.25, -0.2) is 12.8 Å². The van der Waals surface area contributed by atoms with Gasteiger partial charge in [0.05, 0.1) is 5.25 Å². The Bertz CT molecular complexity index is 398. The van der Waals surface area contributed by atoms with Gasteiger partial charge in [0.25, 0.3) is 0 Å². The fourth-order valence-electron chi connectivity index (χ4n) is 1.01. The van der Waals surface area contributed by atoms with Gasteiger partial charge < -0.3 is 0 Å². The molecule has 2 nitrogen and oxygen atoms in total. The zero-order valence-corrected chi connectivity index (χ0v) is 8.31. The van der Waals surface area contributed by atoms with E-state index in [1.54, 1.807) is 13.0 Å². The zero-order valence-electron chi connectivity index (χ0n) is 7.49. The molecule has 0 radical (unpaired) electrons. The van der Waals surface area contributed by atoms with Crippen LogP contribution in [0.1, 0.15) is 17.7 Å². The van der Waals surface area contributed by atoms with Crippen molar-refractivity contribution < 1.29 is 12.8 Å². The second kappa shape index (κ2) is 3.46. The Morgan fingerprint density at radius 2 is 2.00 bits per heavy atom. The van der Waals surface area contributed by atoms with Crippen LogP contribution < -0.4 is 0 Å². The summed E-state index contributed by atoms with van der Waals surface area (Å²) in [4.78, 5) is 0. The van der Waals surface area contributed by atoms with Gasteiger partial charge in [-0.05, 0) is 24.6 Å². The van der Waals surface area contributed by atoms with Gasteiger partial charge in [-0.1, -0.05) is 12.1 Å². The first-order chi connectivity index (χ1) is 5.91. The van der Waals surface area contributed by atoms with Crippen LogP contribution in [-0.2, 0) is 9.84 Å². The molecule has 13 heavy (non-hydrogen) atoms. The number of sulfone groups is 1. The summed E-state index contributed by atoms with van der Waals surface area (Å²) in [7, 11) is -3.14. The highest BCUT2D eigenvalue weighted by molar-refractivity contribution is 7.90. The summed E-state index contributed by atoms with van der Waals surface area (Å²) in [5, 5.41) is -0.650. The number of rotatable bonds is 2. The third kappa shape index (κ3) is 2.52.